The SMILES string of the molecule is CNc1ncc(Cl)c(NCC2CC2C)n1. The van der Waals surface area contributed by atoms with Gasteiger partial charge < -0.3 is 10.6 Å². The van der Waals surface area contributed by atoms with Gasteiger partial charge in [-0.25, -0.2) is 4.98 Å². The third-order valence-electron chi connectivity index (χ3n) is 2.78. The predicted molar refractivity (Wildman–Crippen MR) is 62.3 cm³/mol. The molecule has 82 valence electrons. The van der Waals surface area contributed by atoms with Crippen molar-refractivity contribution in [2.45, 2.75) is 13.3 Å². The van der Waals surface area contributed by atoms with Crippen molar-refractivity contribution in [3.05, 3.63) is 11.2 Å². The Hall–Kier alpha value is -1.03. The van der Waals surface area contributed by atoms with E-state index in [2.05, 4.69) is 27.5 Å². The van der Waals surface area contributed by atoms with E-state index < -0.39 is 0 Å². The molecule has 5 heteroatoms. The van der Waals surface area contributed by atoms with Crippen LogP contribution in [0.4, 0.5) is 11.8 Å². The largest absolute Gasteiger partial charge is 0.368 e. The summed E-state index contributed by atoms with van der Waals surface area (Å²) < 4.78 is 0. The highest BCUT2D eigenvalue weighted by molar-refractivity contribution is 6.32. The number of aromatic nitrogens is 2. The van der Waals surface area contributed by atoms with Gasteiger partial charge in [0.25, 0.3) is 0 Å². The van der Waals surface area contributed by atoms with Gasteiger partial charge in [-0.3, -0.25) is 0 Å². The summed E-state index contributed by atoms with van der Waals surface area (Å²) in [6.07, 6.45) is 2.91. The number of nitrogens with one attached hydrogen (secondary N) is 2. The summed E-state index contributed by atoms with van der Waals surface area (Å²) in [7, 11) is 1.79. The van der Waals surface area contributed by atoms with E-state index in [0.29, 0.717) is 11.0 Å². The fourth-order valence-electron chi connectivity index (χ4n) is 1.52. The fourth-order valence-corrected chi connectivity index (χ4v) is 1.68. The zero-order valence-corrected chi connectivity index (χ0v) is 9.67. The van der Waals surface area contributed by atoms with Crippen molar-refractivity contribution >= 4 is 23.4 Å². The van der Waals surface area contributed by atoms with Crippen LogP contribution in [0.15, 0.2) is 6.20 Å². The minimum absolute atomic E-state index is 0.572. The second kappa shape index (κ2) is 4.23. The van der Waals surface area contributed by atoms with E-state index in [1.807, 2.05) is 0 Å². The Labute approximate surface area is 94.5 Å². The molecule has 1 aromatic heterocycles. The van der Waals surface area contributed by atoms with Gasteiger partial charge >= 0.3 is 0 Å². The molecule has 1 heterocycles. The minimum atomic E-state index is 0.572. The summed E-state index contributed by atoms with van der Waals surface area (Å²) in [5.74, 6) is 2.91. The van der Waals surface area contributed by atoms with Gasteiger partial charge in [0.1, 0.15) is 10.8 Å². The number of nitrogens with zero attached hydrogens (tertiary/aromatic N) is 2. The average molecular weight is 227 g/mol. The van der Waals surface area contributed by atoms with E-state index in [4.69, 9.17) is 11.6 Å². The summed E-state index contributed by atoms with van der Waals surface area (Å²) in [6, 6.07) is 0. The van der Waals surface area contributed by atoms with E-state index in [-0.39, 0.29) is 0 Å². The first kappa shape index (κ1) is 10.5. The molecule has 4 nitrogen and oxygen atoms in total. The average Bonchev–Trinajstić information content (AvgIpc) is 2.94. The van der Waals surface area contributed by atoms with Crippen molar-refractivity contribution in [3.8, 4) is 0 Å². The van der Waals surface area contributed by atoms with Gasteiger partial charge in [-0.1, -0.05) is 18.5 Å². The quantitative estimate of drug-likeness (QED) is 0.827. The number of halogens is 1. The van der Waals surface area contributed by atoms with E-state index in [1.165, 1.54) is 6.42 Å². The van der Waals surface area contributed by atoms with Crippen LogP contribution >= 0.6 is 11.6 Å². The number of rotatable bonds is 4. The van der Waals surface area contributed by atoms with Gasteiger partial charge in [0.05, 0.1) is 6.20 Å². The minimum Gasteiger partial charge on any atom is -0.368 e. The third-order valence-corrected chi connectivity index (χ3v) is 3.05. The Morgan fingerprint density at radius 2 is 2.33 bits per heavy atom. The lowest BCUT2D eigenvalue weighted by atomic mass is 10.3. The van der Waals surface area contributed by atoms with E-state index >= 15 is 0 Å². The van der Waals surface area contributed by atoms with Crippen molar-refractivity contribution < 1.29 is 0 Å². The first-order chi connectivity index (χ1) is 7.20. The van der Waals surface area contributed by atoms with Crippen LogP contribution in [0.1, 0.15) is 13.3 Å². The highest BCUT2D eigenvalue weighted by Crippen LogP contribution is 2.37. The second-order valence-electron chi connectivity index (χ2n) is 3.99. The van der Waals surface area contributed by atoms with Crippen LogP contribution in [0.25, 0.3) is 0 Å². The first-order valence-corrected chi connectivity index (χ1v) is 5.52. The molecule has 1 aliphatic rings. The topological polar surface area (TPSA) is 49.8 Å². The van der Waals surface area contributed by atoms with Crippen molar-refractivity contribution in [1.82, 2.24) is 9.97 Å². The molecule has 1 aliphatic carbocycles. The number of anilines is 2. The molecule has 2 atom stereocenters. The molecule has 0 bridgehead atoms. The Bertz CT molecular complexity index is 355. The van der Waals surface area contributed by atoms with Gasteiger partial charge in [0.2, 0.25) is 5.95 Å². The fraction of sp³-hybridized carbons (Fsp3) is 0.600. The molecule has 0 saturated heterocycles. The van der Waals surface area contributed by atoms with Gasteiger partial charge in [-0.2, -0.15) is 4.98 Å². The lowest BCUT2D eigenvalue weighted by molar-refractivity contribution is 0.784. The molecule has 1 fully saturated rings. The first-order valence-electron chi connectivity index (χ1n) is 5.15. The molecule has 0 aromatic carbocycles. The summed E-state index contributed by atoms with van der Waals surface area (Å²) in [5, 5.41) is 6.71. The zero-order chi connectivity index (χ0) is 10.8. The van der Waals surface area contributed by atoms with Crippen LogP contribution in [-0.4, -0.2) is 23.6 Å². The second-order valence-corrected chi connectivity index (χ2v) is 4.40. The highest BCUT2D eigenvalue weighted by atomic mass is 35.5. The van der Waals surface area contributed by atoms with Gasteiger partial charge in [0.15, 0.2) is 0 Å². The number of hydrogen-bond donors (Lipinski definition) is 2. The molecule has 2 rings (SSSR count). The smallest absolute Gasteiger partial charge is 0.224 e. The summed E-state index contributed by atoms with van der Waals surface area (Å²) in [5.41, 5.74) is 0. The Balaban J connectivity index is 1.99. The van der Waals surface area contributed by atoms with E-state index in [0.717, 1.165) is 24.2 Å². The molecule has 0 spiro atoms. The molecule has 1 aromatic rings. The zero-order valence-electron chi connectivity index (χ0n) is 8.92. The van der Waals surface area contributed by atoms with Crippen LogP contribution in [0.3, 0.4) is 0 Å². The monoisotopic (exact) mass is 226 g/mol. The molecule has 0 aliphatic heterocycles. The van der Waals surface area contributed by atoms with E-state index in [1.54, 1.807) is 13.2 Å². The normalized spacial score (nSPS) is 23.7. The Kier molecular flexibility index (Phi) is 2.95. The predicted octanol–water partition coefficient (Wildman–Crippen LogP) is 2.24. The molecule has 1 saturated carbocycles. The molecular weight excluding hydrogens is 212 g/mol. The van der Waals surface area contributed by atoms with Crippen molar-refractivity contribution in [2.75, 3.05) is 24.2 Å². The maximum absolute atomic E-state index is 5.98. The standard InChI is InChI=1S/C10H15ClN4/c1-6-3-7(6)4-13-9-8(11)5-14-10(12-2)15-9/h5-7H,3-4H2,1-2H3,(H2,12,13,14,15). The van der Waals surface area contributed by atoms with Crippen molar-refractivity contribution in [2.24, 2.45) is 11.8 Å². The third kappa shape index (κ3) is 2.50. The maximum Gasteiger partial charge on any atom is 0.224 e. The van der Waals surface area contributed by atoms with Crippen molar-refractivity contribution in [1.29, 1.82) is 0 Å². The van der Waals surface area contributed by atoms with E-state index in [9.17, 15) is 0 Å². The Morgan fingerprint density at radius 3 is 2.93 bits per heavy atom. The Morgan fingerprint density at radius 1 is 1.60 bits per heavy atom. The van der Waals surface area contributed by atoms with Crippen LogP contribution in [0, 0.1) is 11.8 Å². The molecule has 15 heavy (non-hydrogen) atoms. The van der Waals surface area contributed by atoms with Gasteiger partial charge in [-0.15, -0.1) is 0 Å². The molecule has 0 radical (unpaired) electrons. The molecule has 2 unspecified atom stereocenters. The molecular formula is C10H15ClN4. The summed E-state index contributed by atoms with van der Waals surface area (Å²) >= 11 is 5.98. The lowest BCUT2D eigenvalue weighted by Gasteiger charge is -2.07. The maximum atomic E-state index is 5.98. The van der Waals surface area contributed by atoms with Crippen LogP contribution < -0.4 is 10.6 Å². The van der Waals surface area contributed by atoms with Gasteiger partial charge in [0, 0.05) is 13.6 Å². The molecule has 2 N–H and O–H groups in total. The summed E-state index contributed by atoms with van der Waals surface area (Å²) in [4.78, 5) is 8.27. The van der Waals surface area contributed by atoms with Crippen molar-refractivity contribution in [3.63, 3.8) is 0 Å². The van der Waals surface area contributed by atoms with Crippen LogP contribution in [-0.2, 0) is 0 Å². The van der Waals surface area contributed by atoms with Crippen LogP contribution in [0.2, 0.25) is 5.02 Å². The summed E-state index contributed by atoms with van der Waals surface area (Å²) in [6.45, 7) is 3.20. The number of hydrogen-bond acceptors (Lipinski definition) is 4. The van der Waals surface area contributed by atoms with Gasteiger partial charge in [-0.05, 0) is 18.3 Å². The van der Waals surface area contributed by atoms with Crippen LogP contribution in [0.5, 0.6) is 0 Å². The highest BCUT2D eigenvalue weighted by Gasteiger charge is 2.32. The molecule has 0 amide bonds. The lowest BCUT2D eigenvalue weighted by Crippen LogP contribution is -2.08.